The summed E-state index contributed by atoms with van der Waals surface area (Å²) in [4.78, 5) is 12.5. The number of rotatable bonds is 4. The van der Waals surface area contributed by atoms with Crippen molar-refractivity contribution in [2.24, 2.45) is 0 Å². The molecule has 2 aromatic carbocycles. The normalized spacial score (nSPS) is 13.6. The van der Waals surface area contributed by atoms with E-state index in [9.17, 15) is 9.18 Å². The maximum absolute atomic E-state index is 14.7. The maximum atomic E-state index is 14.7. The molecule has 6 heteroatoms. The van der Waals surface area contributed by atoms with Crippen molar-refractivity contribution in [3.05, 3.63) is 94.7 Å². The first-order valence-electron chi connectivity index (χ1n) is 9.20. The SMILES string of the molecule is O=c1ccn(-c2ccc(C3CC3)cc2F)nc1-c1ccnn1-c1ccccc1. The summed E-state index contributed by atoms with van der Waals surface area (Å²) in [5, 5.41) is 8.74. The zero-order valence-corrected chi connectivity index (χ0v) is 15.0. The third kappa shape index (κ3) is 2.93. The lowest BCUT2D eigenvalue weighted by atomic mass is 10.1. The summed E-state index contributed by atoms with van der Waals surface area (Å²) in [5.41, 5.74) is 2.68. The van der Waals surface area contributed by atoms with E-state index in [4.69, 9.17) is 0 Å². The Balaban J connectivity index is 1.60. The van der Waals surface area contributed by atoms with Crippen LogP contribution in [0.2, 0.25) is 0 Å². The minimum atomic E-state index is -0.344. The highest BCUT2D eigenvalue weighted by molar-refractivity contribution is 5.57. The van der Waals surface area contributed by atoms with E-state index in [1.54, 1.807) is 29.1 Å². The first kappa shape index (κ1) is 16.6. The van der Waals surface area contributed by atoms with E-state index >= 15 is 0 Å². The molecule has 0 amide bonds. The van der Waals surface area contributed by atoms with Crippen molar-refractivity contribution in [3.8, 4) is 22.8 Å². The van der Waals surface area contributed by atoms with Crippen molar-refractivity contribution in [3.63, 3.8) is 0 Å². The number of nitrogens with zero attached hydrogens (tertiary/aromatic N) is 4. The Hall–Kier alpha value is -3.54. The third-order valence-electron chi connectivity index (χ3n) is 4.96. The second-order valence-corrected chi connectivity index (χ2v) is 6.92. The summed E-state index contributed by atoms with van der Waals surface area (Å²) in [6.07, 6.45) is 5.33. The van der Waals surface area contributed by atoms with Gasteiger partial charge in [0.1, 0.15) is 11.5 Å². The van der Waals surface area contributed by atoms with Crippen LogP contribution < -0.4 is 5.43 Å². The largest absolute Gasteiger partial charge is 0.287 e. The first-order chi connectivity index (χ1) is 13.7. The van der Waals surface area contributed by atoms with Gasteiger partial charge in [-0.05, 0) is 54.7 Å². The van der Waals surface area contributed by atoms with Crippen LogP contribution in [0.3, 0.4) is 0 Å². The van der Waals surface area contributed by atoms with E-state index in [1.807, 2.05) is 36.4 Å². The molecule has 0 N–H and O–H groups in total. The average molecular weight is 372 g/mol. The molecule has 138 valence electrons. The van der Waals surface area contributed by atoms with Crippen LogP contribution in [0, 0.1) is 5.82 Å². The van der Waals surface area contributed by atoms with E-state index in [0.717, 1.165) is 24.1 Å². The van der Waals surface area contributed by atoms with Gasteiger partial charge >= 0.3 is 0 Å². The molecule has 1 aliphatic carbocycles. The molecule has 1 saturated carbocycles. The highest BCUT2D eigenvalue weighted by Crippen LogP contribution is 2.40. The van der Waals surface area contributed by atoms with Crippen LogP contribution in [0.25, 0.3) is 22.8 Å². The van der Waals surface area contributed by atoms with E-state index < -0.39 is 0 Å². The molecule has 0 atom stereocenters. The van der Waals surface area contributed by atoms with Gasteiger partial charge in [-0.3, -0.25) is 4.79 Å². The number of para-hydroxylation sites is 1. The van der Waals surface area contributed by atoms with Crippen LogP contribution in [-0.2, 0) is 0 Å². The van der Waals surface area contributed by atoms with Gasteiger partial charge in [-0.25, -0.2) is 13.8 Å². The highest BCUT2D eigenvalue weighted by Gasteiger charge is 2.24. The zero-order valence-electron chi connectivity index (χ0n) is 15.0. The molecular formula is C22H17FN4O. The lowest BCUT2D eigenvalue weighted by molar-refractivity contribution is 0.606. The molecule has 0 spiro atoms. The van der Waals surface area contributed by atoms with Crippen molar-refractivity contribution in [1.82, 2.24) is 19.6 Å². The number of benzene rings is 2. The second kappa shape index (κ2) is 6.56. The van der Waals surface area contributed by atoms with E-state index in [1.165, 1.54) is 16.9 Å². The Kier molecular flexibility index (Phi) is 3.90. The molecule has 0 unspecified atom stereocenters. The molecule has 1 fully saturated rings. The van der Waals surface area contributed by atoms with Gasteiger partial charge in [-0.2, -0.15) is 10.2 Å². The second-order valence-electron chi connectivity index (χ2n) is 6.92. The topological polar surface area (TPSA) is 52.7 Å². The monoisotopic (exact) mass is 372 g/mol. The Morgan fingerprint density at radius 1 is 1.00 bits per heavy atom. The fourth-order valence-corrected chi connectivity index (χ4v) is 3.36. The molecule has 0 radical (unpaired) electrons. The molecule has 0 bridgehead atoms. The maximum Gasteiger partial charge on any atom is 0.209 e. The van der Waals surface area contributed by atoms with Gasteiger partial charge in [0.05, 0.1) is 17.6 Å². The van der Waals surface area contributed by atoms with Gasteiger partial charge in [0.15, 0.2) is 5.69 Å². The third-order valence-corrected chi connectivity index (χ3v) is 4.96. The molecule has 0 aliphatic heterocycles. The molecule has 0 saturated heterocycles. The molecule has 4 aromatic rings. The number of halogens is 1. The molecule has 5 nitrogen and oxygen atoms in total. The number of aromatic nitrogens is 4. The molecule has 1 aliphatic rings. The van der Waals surface area contributed by atoms with E-state index in [2.05, 4.69) is 10.2 Å². The molecule has 2 aromatic heterocycles. The summed E-state index contributed by atoms with van der Waals surface area (Å²) in [6, 6.07) is 17.9. The fraction of sp³-hybridized carbons (Fsp3) is 0.136. The quantitative estimate of drug-likeness (QED) is 0.542. The average Bonchev–Trinajstić information content (AvgIpc) is 3.46. The summed E-state index contributed by atoms with van der Waals surface area (Å²) >= 11 is 0. The van der Waals surface area contributed by atoms with E-state index in [-0.39, 0.29) is 16.9 Å². The standard InChI is InChI=1S/C22H17FN4O/c23-18-14-16(15-6-7-15)8-9-19(18)26-13-11-21(28)22(25-26)20-10-12-24-27(20)17-4-2-1-3-5-17/h1-5,8-15H,6-7H2. The summed E-state index contributed by atoms with van der Waals surface area (Å²) < 4.78 is 17.7. The number of hydrogen-bond donors (Lipinski definition) is 0. The lowest BCUT2D eigenvalue weighted by Crippen LogP contribution is -2.15. The van der Waals surface area contributed by atoms with Crippen molar-refractivity contribution in [1.29, 1.82) is 0 Å². The Morgan fingerprint density at radius 2 is 1.82 bits per heavy atom. The Bertz CT molecular complexity index is 1210. The molecule has 5 rings (SSSR count). The van der Waals surface area contributed by atoms with Gasteiger partial charge in [0.2, 0.25) is 5.43 Å². The minimum absolute atomic E-state index is 0.217. The van der Waals surface area contributed by atoms with Crippen molar-refractivity contribution >= 4 is 0 Å². The molecular weight excluding hydrogens is 355 g/mol. The molecule has 28 heavy (non-hydrogen) atoms. The van der Waals surface area contributed by atoms with Gasteiger partial charge in [0, 0.05) is 12.3 Å². The fourth-order valence-electron chi connectivity index (χ4n) is 3.36. The van der Waals surface area contributed by atoms with Crippen LogP contribution in [0.1, 0.15) is 24.3 Å². The van der Waals surface area contributed by atoms with Crippen LogP contribution in [0.5, 0.6) is 0 Å². The van der Waals surface area contributed by atoms with Crippen molar-refractivity contribution in [2.45, 2.75) is 18.8 Å². The predicted molar refractivity (Wildman–Crippen MR) is 104 cm³/mol. The molecule has 2 heterocycles. The lowest BCUT2D eigenvalue weighted by Gasteiger charge is -2.11. The van der Waals surface area contributed by atoms with Gasteiger partial charge in [-0.15, -0.1) is 0 Å². The van der Waals surface area contributed by atoms with Crippen molar-refractivity contribution in [2.75, 3.05) is 0 Å². The predicted octanol–water partition coefficient (Wildman–Crippen LogP) is 4.10. The van der Waals surface area contributed by atoms with Crippen LogP contribution in [-0.4, -0.2) is 19.6 Å². The highest BCUT2D eigenvalue weighted by atomic mass is 19.1. The zero-order chi connectivity index (χ0) is 19.1. The number of hydrogen-bond acceptors (Lipinski definition) is 3. The summed E-state index contributed by atoms with van der Waals surface area (Å²) in [5.74, 6) is 0.129. The Morgan fingerprint density at radius 3 is 2.57 bits per heavy atom. The smallest absolute Gasteiger partial charge is 0.209 e. The van der Waals surface area contributed by atoms with Crippen LogP contribution >= 0.6 is 0 Å². The van der Waals surface area contributed by atoms with E-state index in [0.29, 0.717) is 17.3 Å². The first-order valence-corrected chi connectivity index (χ1v) is 9.20. The van der Waals surface area contributed by atoms with Gasteiger partial charge in [-0.1, -0.05) is 24.3 Å². The summed E-state index contributed by atoms with van der Waals surface area (Å²) in [7, 11) is 0. The summed E-state index contributed by atoms with van der Waals surface area (Å²) in [6.45, 7) is 0. The van der Waals surface area contributed by atoms with Crippen LogP contribution in [0.4, 0.5) is 4.39 Å². The van der Waals surface area contributed by atoms with Crippen molar-refractivity contribution < 1.29 is 4.39 Å². The Labute approximate surface area is 160 Å². The van der Waals surface area contributed by atoms with Crippen LogP contribution in [0.15, 0.2) is 77.9 Å². The van der Waals surface area contributed by atoms with Gasteiger partial charge in [0.25, 0.3) is 0 Å². The minimum Gasteiger partial charge on any atom is -0.287 e. The van der Waals surface area contributed by atoms with Gasteiger partial charge < -0.3 is 0 Å².